The van der Waals surface area contributed by atoms with Gasteiger partial charge >= 0.3 is 5.97 Å². The predicted molar refractivity (Wildman–Crippen MR) is 68.5 cm³/mol. The van der Waals surface area contributed by atoms with Crippen molar-refractivity contribution in [2.45, 2.75) is 26.2 Å². The Morgan fingerprint density at radius 2 is 2.35 bits per heavy atom. The Morgan fingerprint density at radius 3 is 2.94 bits per heavy atom. The molecule has 90 valence electrons. The molecule has 0 atom stereocenters. The van der Waals surface area contributed by atoms with E-state index in [2.05, 4.69) is 11.7 Å². The number of carbonyl (C=O) groups excluding carboxylic acids is 1. The van der Waals surface area contributed by atoms with Crippen LogP contribution in [0.4, 0.5) is 0 Å². The van der Waals surface area contributed by atoms with Crippen LogP contribution < -0.4 is 0 Å². The van der Waals surface area contributed by atoms with Crippen LogP contribution in [0.3, 0.4) is 0 Å². The maximum atomic E-state index is 11.2. The maximum Gasteiger partial charge on any atom is 0.348 e. The van der Waals surface area contributed by atoms with Gasteiger partial charge in [-0.2, -0.15) is 5.26 Å². The fraction of sp³-hybridized carbons (Fsp3) is 0.385. The number of methoxy groups -OCH3 is 1. The summed E-state index contributed by atoms with van der Waals surface area (Å²) in [5.74, 6) is -0.587. The van der Waals surface area contributed by atoms with Crippen molar-refractivity contribution in [2.75, 3.05) is 7.11 Å². The number of thiophene rings is 1. The second kappa shape index (κ2) is 6.87. The van der Waals surface area contributed by atoms with Gasteiger partial charge < -0.3 is 4.74 Å². The Hall–Kier alpha value is -1.60. The van der Waals surface area contributed by atoms with Crippen molar-refractivity contribution in [3.63, 3.8) is 0 Å². The quantitative estimate of drug-likeness (QED) is 0.457. The van der Waals surface area contributed by atoms with E-state index in [0.29, 0.717) is 0 Å². The Balaban J connectivity index is 2.79. The highest BCUT2D eigenvalue weighted by molar-refractivity contribution is 7.12. The van der Waals surface area contributed by atoms with Crippen molar-refractivity contribution < 1.29 is 9.53 Å². The molecule has 0 aliphatic carbocycles. The van der Waals surface area contributed by atoms with E-state index >= 15 is 0 Å². The largest absolute Gasteiger partial charge is 0.465 e. The molecule has 0 N–H and O–H groups in total. The normalized spacial score (nSPS) is 11.0. The van der Waals surface area contributed by atoms with Gasteiger partial charge in [-0.1, -0.05) is 13.3 Å². The van der Waals surface area contributed by atoms with Crippen LogP contribution in [0.2, 0.25) is 0 Å². The Kier molecular flexibility index (Phi) is 5.44. The molecule has 0 fully saturated rings. The number of nitriles is 1. The first-order chi connectivity index (χ1) is 8.21. The highest BCUT2D eigenvalue weighted by Gasteiger charge is 2.09. The van der Waals surface area contributed by atoms with E-state index in [-0.39, 0.29) is 5.57 Å². The van der Waals surface area contributed by atoms with Crippen LogP contribution in [0.1, 0.15) is 29.5 Å². The van der Waals surface area contributed by atoms with E-state index in [1.807, 2.05) is 18.2 Å². The number of aryl methyl sites for hydroxylation is 1. The van der Waals surface area contributed by atoms with Crippen molar-refractivity contribution in [1.29, 1.82) is 5.26 Å². The molecule has 1 aromatic heterocycles. The third kappa shape index (κ3) is 4.04. The van der Waals surface area contributed by atoms with Crippen molar-refractivity contribution in [3.05, 3.63) is 27.5 Å². The fourth-order valence-electron chi connectivity index (χ4n) is 1.35. The van der Waals surface area contributed by atoms with Gasteiger partial charge in [-0.3, -0.25) is 0 Å². The highest BCUT2D eigenvalue weighted by atomic mass is 32.1. The predicted octanol–water partition coefficient (Wildman–Crippen LogP) is 3.17. The second-order valence-corrected chi connectivity index (χ2v) is 4.77. The zero-order valence-corrected chi connectivity index (χ0v) is 10.8. The van der Waals surface area contributed by atoms with Gasteiger partial charge in [0, 0.05) is 9.75 Å². The van der Waals surface area contributed by atoms with E-state index in [1.165, 1.54) is 12.0 Å². The summed E-state index contributed by atoms with van der Waals surface area (Å²) in [6.07, 6.45) is 4.95. The SMILES string of the molecule is CCCCc1ccc(/C=C(\C#N)C(=O)OC)s1. The van der Waals surface area contributed by atoms with Gasteiger partial charge in [0.2, 0.25) is 0 Å². The lowest BCUT2D eigenvalue weighted by molar-refractivity contribution is -0.135. The minimum absolute atomic E-state index is 0.0383. The van der Waals surface area contributed by atoms with Crippen molar-refractivity contribution in [2.24, 2.45) is 0 Å². The van der Waals surface area contributed by atoms with Crippen LogP contribution in [0.15, 0.2) is 17.7 Å². The van der Waals surface area contributed by atoms with Crippen molar-refractivity contribution >= 4 is 23.4 Å². The summed E-state index contributed by atoms with van der Waals surface area (Å²) in [6.45, 7) is 2.15. The van der Waals surface area contributed by atoms with E-state index in [9.17, 15) is 4.79 Å². The molecule has 0 aliphatic rings. The lowest BCUT2D eigenvalue weighted by Gasteiger charge is -1.94. The van der Waals surface area contributed by atoms with Crippen molar-refractivity contribution in [3.8, 4) is 6.07 Å². The molecule has 17 heavy (non-hydrogen) atoms. The molecule has 1 rings (SSSR count). The molecule has 1 aromatic rings. The molecule has 0 bridgehead atoms. The number of nitrogens with zero attached hydrogens (tertiary/aromatic N) is 1. The van der Waals surface area contributed by atoms with Crippen LogP contribution in [0.5, 0.6) is 0 Å². The number of ether oxygens (including phenoxy) is 1. The highest BCUT2D eigenvalue weighted by Crippen LogP contribution is 2.21. The number of hydrogen-bond acceptors (Lipinski definition) is 4. The Labute approximate surface area is 105 Å². The van der Waals surface area contributed by atoms with Gasteiger partial charge in [-0.15, -0.1) is 11.3 Å². The van der Waals surface area contributed by atoms with Gasteiger partial charge in [-0.25, -0.2) is 4.79 Å². The Bertz CT molecular complexity index is 454. The van der Waals surface area contributed by atoms with Crippen LogP contribution >= 0.6 is 11.3 Å². The average Bonchev–Trinajstić information content (AvgIpc) is 2.80. The van der Waals surface area contributed by atoms with Crippen LogP contribution in [0.25, 0.3) is 6.08 Å². The summed E-state index contributed by atoms with van der Waals surface area (Å²) < 4.78 is 4.52. The lowest BCUT2D eigenvalue weighted by atomic mass is 10.2. The van der Waals surface area contributed by atoms with Gasteiger partial charge in [0.1, 0.15) is 11.6 Å². The molecular weight excluding hydrogens is 234 g/mol. The first-order valence-electron chi connectivity index (χ1n) is 5.50. The summed E-state index contributed by atoms with van der Waals surface area (Å²) in [5, 5.41) is 8.82. The van der Waals surface area contributed by atoms with E-state index < -0.39 is 5.97 Å². The number of rotatable bonds is 5. The molecule has 0 unspecified atom stereocenters. The molecule has 3 nitrogen and oxygen atoms in total. The van der Waals surface area contributed by atoms with E-state index in [1.54, 1.807) is 17.4 Å². The molecule has 0 spiro atoms. The molecule has 0 amide bonds. The summed E-state index contributed by atoms with van der Waals surface area (Å²) in [7, 11) is 1.27. The molecule has 0 saturated carbocycles. The lowest BCUT2D eigenvalue weighted by Crippen LogP contribution is -2.02. The van der Waals surface area contributed by atoms with Gasteiger partial charge in [-0.05, 0) is 31.1 Å². The summed E-state index contributed by atoms with van der Waals surface area (Å²) in [6, 6.07) is 5.81. The fourth-order valence-corrected chi connectivity index (χ4v) is 2.34. The molecule has 4 heteroatoms. The zero-order valence-electron chi connectivity index (χ0n) is 10.0. The van der Waals surface area contributed by atoms with Crippen LogP contribution in [-0.2, 0) is 16.0 Å². The smallest absolute Gasteiger partial charge is 0.348 e. The zero-order chi connectivity index (χ0) is 12.7. The first kappa shape index (κ1) is 13.5. The third-order valence-electron chi connectivity index (χ3n) is 2.27. The summed E-state index contributed by atoms with van der Waals surface area (Å²) in [5.41, 5.74) is 0.0383. The molecule has 0 aromatic carbocycles. The van der Waals surface area contributed by atoms with Gasteiger partial charge in [0.25, 0.3) is 0 Å². The standard InChI is InChI=1S/C13H15NO2S/c1-3-4-5-11-6-7-12(17-11)8-10(9-14)13(15)16-2/h6-8H,3-5H2,1-2H3/b10-8+. The number of esters is 1. The topological polar surface area (TPSA) is 50.1 Å². The molecule has 0 saturated heterocycles. The van der Waals surface area contributed by atoms with E-state index in [4.69, 9.17) is 5.26 Å². The van der Waals surface area contributed by atoms with Gasteiger partial charge in [0.15, 0.2) is 0 Å². The molecule has 1 heterocycles. The van der Waals surface area contributed by atoms with E-state index in [0.717, 1.165) is 24.1 Å². The molecule has 0 radical (unpaired) electrons. The summed E-state index contributed by atoms with van der Waals surface area (Å²) in [4.78, 5) is 13.4. The first-order valence-corrected chi connectivity index (χ1v) is 6.31. The monoisotopic (exact) mass is 249 g/mol. The minimum atomic E-state index is -0.587. The molecular formula is C13H15NO2S. The Morgan fingerprint density at radius 1 is 1.59 bits per heavy atom. The molecule has 0 aliphatic heterocycles. The number of hydrogen-bond donors (Lipinski definition) is 0. The van der Waals surface area contributed by atoms with Crippen LogP contribution in [-0.4, -0.2) is 13.1 Å². The maximum absolute atomic E-state index is 11.2. The minimum Gasteiger partial charge on any atom is -0.465 e. The average molecular weight is 249 g/mol. The second-order valence-electron chi connectivity index (χ2n) is 3.57. The van der Waals surface area contributed by atoms with Gasteiger partial charge in [0.05, 0.1) is 7.11 Å². The van der Waals surface area contributed by atoms with Crippen molar-refractivity contribution in [1.82, 2.24) is 0 Å². The third-order valence-corrected chi connectivity index (χ3v) is 3.36. The number of carbonyl (C=O) groups is 1. The summed E-state index contributed by atoms with van der Waals surface area (Å²) >= 11 is 1.61. The van der Waals surface area contributed by atoms with Crippen LogP contribution in [0, 0.1) is 11.3 Å². The number of unbranched alkanes of at least 4 members (excludes halogenated alkanes) is 1.